The molecule has 1 saturated carbocycles. The minimum absolute atomic E-state index is 0. The van der Waals surface area contributed by atoms with Gasteiger partial charge in [0.25, 0.3) is 0 Å². The monoisotopic (exact) mass is 227 g/mol. The molecule has 0 spiro atoms. The summed E-state index contributed by atoms with van der Waals surface area (Å²) in [6.07, 6.45) is 3.62. The zero-order valence-electron chi connectivity index (χ0n) is 8.94. The first-order valence-corrected chi connectivity index (χ1v) is 5.22. The minimum Gasteiger partial charge on any atom is -0.508 e. The lowest BCUT2D eigenvalue weighted by molar-refractivity contribution is 0.455. The molecule has 0 saturated heterocycles. The van der Waals surface area contributed by atoms with Crippen molar-refractivity contribution in [2.45, 2.75) is 32.2 Å². The lowest BCUT2D eigenvalue weighted by atomic mass is 10.00. The SMILES string of the molecule is Cc1ccc([C@@H](N)CC2CC2)c(O)c1.Cl. The van der Waals surface area contributed by atoms with Gasteiger partial charge in [0.15, 0.2) is 0 Å². The van der Waals surface area contributed by atoms with Crippen molar-refractivity contribution in [3.05, 3.63) is 29.3 Å². The van der Waals surface area contributed by atoms with Crippen LogP contribution in [0.2, 0.25) is 0 Å². The number of hydrogen-bond donors (Lipinski definition) is 2. The molecule has 0 amide bonds. The highest BCUT2D eigenvalue weighted by atomic mass is 35.5. The molecule has 1 aliphatic rings. The maximum Gasteiger partial charge on any atom is 0.120 e. The molecule has 84 valence electrons. The second-order valence-corrected chi connectivity index (χ2v) is 4.35. The Morgan fingerprint density at radius 1 is 1.47 bits per heavy atom. The van der Waals surface area contributed by atoms with Crippen LogP contribution in [0, 0.1) is 12.8 Å². The van der Waals surface area contributed by atoms with Gasteiger partial charge < -0.3 is 10.8 Å². The van der Waals surface area contributed by atoms with E-state index in [1.807, 2.05) is 19.1 Å². The van der Waals surface area contributed by atoms with Crippen LogP contribution in [-0.4, -0.2) is 5.11 Å². The van der Waals surface area contributed by atoms with Crippen LogP contribution in [0.25, 0.3) is 0 Å². The molecule has 0 bridgehead atoms. The molecule has 1 aliphatic carbocycles. The van der Waals surface area contributed by atoms with Crippen LogP contribution in [0.1, 0.15) is 36.4 Å². The Labute approximate surface area is 96.9 Å². The van der Waals surface area contributed by atoms with Gasteiger partial charge in [0.05, 0.1) is 0 Å². The molecule has 2 nitrogen and oxygen atoms in total. The van der Waals surface area contributed by atoms with Crippen molar-refractivity contribution in [1.29, 1.82) is 0 Å². The lowest BCUT2D eigenvalue weighted by Crippen LogP contribution is -2.11. The molecule has 1 aromatic carbocycles. The van der Waals surface area contributed by atoms with Gasteiger partial charge in [-0.2, -0.15) is 0 Å². The Morgan fingerprint density at radius 3 is 2.67 bits per heavy atom. The molecular weight excluding hydrogens is 210 g/mol. The van der Waals surface area contributed by atoms with Crippen LogP contribution in [0.4, 0.5) is 0 Å². The van der Waals surface area contributed by atoms with E-state index in [4.69, 9.17) is 5.73 Å². The molecule has 0 aliphatic heterocycles. The van der Waals surface area contributed by atoms with E-state index in [0.717, 1.165) is 23.5 Å². The highest BCUT2D eigenvalue weighted by Gasteiger charge is 2.25. The molecule has 1 aromatic rings. The number of aromatic hydroxyl groups is 1. The number of phenols is 1. The lowest BCUT2D eigenvalue weighted by Gasteiger charge is -2.13. The van der Waals surface area contributed by atoms with Gasteiger partial charge in [-0.1, -0.05) is 25.0 Å². The number of hydrogen-bond acceptors (Lipinski definition) is 2. The number of aryl methyl sites for hydroxylation is 1. The van der Waals surface area contributed by atoms with E-state index in [0.29, 0.717) is 5.75 Å². The van der Waals surface area contributed by atoms with E-state index in [1.54, 1.807) is 6.07 Å². The van der Waals surface area contributed by atoms with E-state index in [-0.39, 0.29) is 18.4 Å². The zero-order chi connectivity index (χ0) is 10.1. The molecule has 0 radical (unpaired) electrons. The van der Waals surface area contributed by atoms with Gasteiger partial charge >= 0.3 is 0 Å². The van der Waals surface area contributed by atoms with E-state index >= 15 is 0 Å². The Hall–Kier alpha value is -0.730. The fraction of sp³-hybridized carbons (Fsp3) is 0.500. The van der Waals surface area contributed by atoms with Crippen molar-refractivity contribution in [1.82, 2.24) is 0 Å². The largest absolute Gasteiger partial charge is 0.508 e. The second-order valence-electron chi connectivity index (χ2n) is 4.35. The van der Waals surface area contributed by atoms with E-state index in [2.05, 4.69) is 0 Å². The topological polar surface area (TPSA) is 46.2 Å². The van der Waals surface area contributed by atoms with Gasteiger partial charge in [0, 0.05) is 11.6 Å². The summed E-state index contributed by atoms with van der Waals surface area (Å²) in [5.74, 6) is 1.14. The van der Waals surface area contributed by atoms with Gasteiger partial charge in [-0.3, -0.25) is 0 Å². The maximum absolute atomic E-state index is 9.72. The smallest absolute Gasteiger partial charge is 0.120 e. The van der Waals surface area contributed by atoms with Crippen molar-refractivity contribution in [2.75, 3.05) is 0 Å². The molecule has 15 heavy (non-hydrogen) atoms. The molecule has 0 unspecified atom stereocenters. The summed E-state index contributed by atoms with van der Waals surface area (Å²) in [6.45, 7) is 1.97. The van der Waals surface area contributed by atoms with Gasteiger partial charge in [0.2, 0.25) is 0 Å². The summed E-state index contributed by atoms with van der Waals surface area (Å²) in [6, 6.07) is 5.73. The van der Waals surface area contributed by atoms with E-state index in [9.17, 15) is 5.11 Å². The molecule has 0 heterocycles. The summed E-state index contributed by atoms with van der Waals surface area (Å²) >= 11 is 0. The van der Waals surface area contributed by atoms with Gasteiger partial charge in [-0.15, -0.1) is 12.4 Å². The number of halogens is 1. The molecule has 1 fully saturated rings. The third-order valence-electron chi connectivity index (χ3n) is 2.87. The zero-order valence-corrected chi connectivity index (χ0v) is 9.76. The summed E-state index contributed by atoms with van der Waals surface area (Å²) in [5, 5.41) is 9.72. The standard InChI is InChI=1S/C12H17NO.ClH/c1-8-2-5-10(12(14)6-8)11(13)7-9-3-4-9;/h2,5-6,9,11,14H,3-4,7,13H2,1H3;1H/t11-;/m0./s1. The predicted octanol–water partition coefficient (Wildman–Crippen LogP) is 2.92. The van der Waals surface area contributed by atoms with Crippen LogP contribution in [0.3, 0.4) is 0 Å². The minimum atomic E-state index is 0. The molecular formula is C12H18ClNO. The van der Waals surface area contributed by atoms with E-state index in [1.165, 1.54) is 12.8 Å². The molecule has 3 heteroatoms. The number of benzene rings is 1. The fourth-order valence-corrected chi connectivity index (χ4v) is 1.81. The number of phenolic OH excluding ortho intramolecular Hbond substituents is 1. The normalized spacial score (nSPS) is 16.9. The van der Waals surface area contributed by atoms with Crippen molar-refractivity contribution >= 4 is 12.4 Å². The van der Waals surface area contributed by atoms with Crippen LogP contribution in [0.15, 0.2) is 18.2 Å². The first kappa shape index (κ1) is 12.3. The van der Waals surface area contributed by atoms with Crippen LogP contribution < -0.4 is 5.73 Å². The Balaban J connectivity index is 0.00000112. The Morgan fingerprint density at radius 2 is 2.13 bits per heavy atom. The average molecular weight is 228 g/mol. The highest BCUT2D eigenvalue weighted by molar-refractivity contribution is 5.85. The predicted molar refractivity (Wildman–Crippen MR) is 64.4 cm³/mol. The van der Waals surface area contributed by atoms with Crippen molar-refractivity contribution in [3.8, 4) is 5.75 Å². The highest BCUT2D eigenvalue weighted by Crippen LogP contribution is 2.38. The van der Waals surface area contributed by atoms with Crippen molar-refractivity contribution in [2.24, 2.45) is 11.7 Å². The van der Waals surface area contributed by atoms with Gasteiger partial charge in [-0.05, 0) is 30.9 Å². The number of rotatable bonds is 3. The van der Waals surface area contributed by atoms with Crippen LogP contribution >= 0.6 is 12.4 Å². The quantitative estimate of drug-likeness (QED) is 0.834. The summed E-state index contributed by atoms with van der Waals surface area (Å²) in [5.41, 5.74) is 7.99. The summed E-state index contributed by atoms with van der Waals surface area (Å²) in [4.78, 5) is 0. The Kier molecular flexibility index (Phi) is 4.00. The molecule has 3 N–H and O–H groups in total. The van der Waals surface area contributed by atoms with Gasteiger partial charge in [0.1, 0.15) is 5.75 Å². The maximum atomic E-state index is 9.72. The van der Waals surface area contributed by atoms with Crippen molar-refractivity contribution < 1.29 is 5.11 Å². The van der Waals surface area contributed by atoms with Crippen LogP contribution in [-0.2, 0) is 0 Å². The molecule has 2 rings (SSSR count). The van der Waals surface area contributed by atoms with E-state index < -0.39 is 0 Å². The third kappa shape index (κ3) is 3.11. The second kappa shape index (κ2) is 4.86. The third-order valence-corrected chi connectivity index (χ3v) is 2.87. The van der Waals surface area contributed by atoms with Crippen molar-refractivity contribution in [3.63, 3.8) is 0 Å². The summed E-state index contributed by atoms with van der Waals surface area (Å²) < 4.78 is 0. The molecule has 0 aromatic heterocycles. The Bertz CT molecular complexity index is 336. The van der Waals surface area contributed by atoms with Crippen LogP contribution in [0.5, 0.6) is 5.75 Å². The number of nitrogens with two attached hydrogens (primary N) is 1. The molecule has 1 atom stereocenters. The first-order valence-electron chi connectivity index (χ1n) is 5.22. The fourth-order valence-electron chi connectivity index (χ4n) is 1.81. The first-order chi connectivity index (χ1) is 6.66. The van der Waals surface area contributed by atoms with Gasteiger partial charge in [-0.25, -0.2) is 0 Å². The summed E-state index contributed by atoms with van der Waals surface area (Å²) in [7, 11) is 0. The average Bonchev–Trinajstić information content (AvgIpc) is 2.87.